The van der Waals surface area contributed by atoms with E-state index < -0.39 is 0 Å². The van der Waals surface area contributed by atoms with Gasteiger partial charge >= 0.3 is 0 Å². The minimum absolute atomic E-state index is 0.0236. The molecule has 1 amide bonds. The third-order valence-corrected chi connectivity index (χ3v) is 6.70. The van der Waals surface area contributed by atoms with Crippen molar-refractivity contribution in [2.75, 3.05) is 13.1 Å². The smallest absolute Gasteiger partial charge is 0.250 e. The van der Waals surface area contributed by atoms with Crippen molar-refractivity contribution in [1.29, 1.82) is 0 Å². The van der Waals surface area contributed by atoms with Gasteiger partial charge in [0, 0.05) is 50.0 Å². The van der Waals surface area contributed by atoms with Gasteiger partial charge in [0.25, 0.3) is 5.56 Å². The highest BCUT2D eigenvalue weighted by molar-refractivity contribution is 5.84. The van der Waals surface area contributed by atoms with Gasteiger partial charge in [0.1, 0.15) is 0 Å². The lowest BCUT2D eigenvalue weighted by atomic mass is 9.80. The van der Waals surface area contributed by atoms with Crippen LogP contribution in [0.2, 0.25) is 0 Å². The molecule has 1 aliphatic heterocycles. The maximum atomic E-state index is 13.8. The molecule has 2 aromatic heterocycles. The lowest BCUT2D eigenvalue weighted by molar-refractivity contribution is -0.138. The second kappa shape index (κ2) is 8.27. The highest BCUT2D eigenvalue weighted by Crippen LogP contribution is 2.36. The van der Waals surface area contributed by atoms with Gasteiger partial charge in [-0.1, -0.05) is 18.2 Å². The lowest BCUT2D eigenvalue weighted by Gasteiger charge is -2.36. The summed E-state index contributed by atoms with van der Waals surface area (Å²) in [5, 5.41) is 4.51. The number of hydrogen-bond acceptors (Lipinski definition) is 4. The first-order chi connectivity index (χ1) is 15.1. The van der Waals surface area contributed by atoms with Gasteiger partial charge < -0.3 is 14.8 Å². The van der Waals surface area contributed by atoms with Gasteiger partial charge in [-0.3, -0.25) is 14.6 Å². The summed E-state index contributed by atoms with van der Waals surface area (Å²) in [4.78, 5) is 32.6. The number of carbonyl (C=O) groups is 1. The third-order valence-electron chi connectivity index (χ3n) is 6.70. The van der Waals surface area contributed by atoms with Crippen LogP contribution in [0.15, 0.2) is 59.7 Å². The number of amides is 1. The van der Waals surface area contributed by atoms with Gasteiger partial charge in [-0.2, -0.15) is 0 Å². The van der Waals surface area contributed by atoms with Crippen LogP contribution in [-0.2, 0) is 18.4 Å². The summed E-state index contributed by atoms with van der Waals surface area (Å²) >= 11 is 0. The van der Waals surface area contributed by atoms with Gasteiger partial charge in [0.2, 0.25) is 5.91 Å². The number of fused-ring (bicyclic) bond motifs is 1. The quantitative estimate of drug-likeness (QED) is 0.695. The number of hydrogen-bond donors (Lipinski definition) is 1. The summed E-state index contributed by atoms with van der Waals surface area (Å²) in [6, 6.07) is 14.2. The number of benzene rings is 1. The number of nitrogens with zero attached hydrogens (tertiary/aromatic N) is 3. The Kier molecular flexibility index (Phi) is 5.32. The van der Waals surface area contributed by atoms with E-state index in [9.17, 15) is 9.59 Å². The molecule has 1 saturated heterocycles. The first kappa shape index (κ1) is 19.9. The van der Waals surface area contributed by atoms with E-state index in [-0.39, 0.29) is 23.3 Å². The molecule has 160 valence electrons. The Labute approximate surface area is 181 Å². The number of aromatic nitrogens is 2. The number of carbonyl (C=O) groups excluding carboxylic acids is 1. The molecule has 1 aliphatic carbocycles. The summed E-state index contributed by atoms with van der Waals surface area (Å²) in [5.41, 5.74) is 3.05. The van der Waals surface area contributed by atoms with Crippen molar-refractivity contribution in [2.24, 2.45) is 13.0 Å². The number of rotatable bonds is 5. The molecule has 5 rings (SSSR count). The molecular weight excluding hydrogens is 388 g/mol. The van der Waals surface area contributed by atoms with Crippen LogP contribution in [0.25, 0.3) is 10.9 Å². The molecule has 0 radical (unpaired) electrons. The summed E-state index contributed by atoms with van der Waals surface area (Å²) in [6.07, 6.45) is 6.60. The fourth-order valence-electron chi connectivity index (χ4n) is 4.79. The zero-order valence-electron chi connectivity index (χ0n) is 17.8. The molecule has 1 aromatic carbocycles. The highest BCUT2D eigenvalue weighted by Gasteiger charge is 2.40. The number of nitrogens with one attached hydrogen (secondary N) is 1. The van der Waals surface area contributed by atoms with E-state index in [1.54, 1.807) is 23.9 Å². The van der Waals surface area contributed by atoms with Crippen LogP contribution in [0, 0.1) is 5.92 Å². The largest absolute Gasteiger partial charge is 0.335 e. The number of aryl methyl sites for hydroxylation is 1. The van der Waals surface area contributed by atoms with E-state index in [0.717, 1.165) is 47.8 Å². The molecule has 3 heterocycles. The second-order valence-corrected chi connectivity index (χ2v) is 8.80. The van der Waals surface area contributed by atoms with Gasteiger partial charge in [-0.05, 0) is 61.1 Å². The van der Waals surface area contributed by atoms with Gasteiger partial charge in [-0.15, -0.1) is 0 Å². The number of piperidine rings is 1. The molecule has 1 unspecified atom stereocenters. The van der Waals surface area contributed by atoms with Crippen LogP contribution >= 0.6 is 0 Å². The van der Waals surface area contributed by atoms with Crippen molar-refractivity contribution in [1.82, 2.24) is 19.8 Å². The van der Waals surface area contributed by atoms with Crippen LogP contribution in [0.1, 0.15) is 36.3 Å². The molecule has 1 saturated carbocycles. The Morgan fingerprint density at radius 3 is 2.87 bits per heavy atom. The predicted molar refractivity (Wildman–Crippen MR) is 121 cm³/mol. The molecule has 1 N–H and O–H groups in total. The Hall–Kier alpha value is -2.99. The standard InChI is InChI=1S/C25H28N4O2/c1-28-13-10-17(14-24(28)30)20-9-12-26-15-22(20)25(31)29(19-7-8-19)16-18-4-2-6-23-21(18)5-3-11-27-23/h2-6,10-11,13-14,19-20,22,26H,7-9,12,15-16H2,1H3/t20-,22?/m1/s1. The van der Waals surface area contributed by atoms with Crippen LogP contribution in [-0.4, -0.2) is 39.5 Å². The molecule has 3 aromatic rings. The molecule has 0 spiro atoms. The highest BCUT2D eigenvalue weighted by atomic mass is 16.2. The summed E-state index contributed by atoms with van der Waals surface area (Å²) in [7, 11) is 1.76. The van der Waals surface area contributed by atoms with E-state index in [1.165, 1.54) is 0 Å². The monoisotopic (exact) mass is 416 g/mol. The third kappa shape index (κ3) is 4.00. The Balaban J connectivity index is 1.45. The molecule has 2 atom stereocenters. The summed E-state index contributed by atoms with van der Waals surface area (Å²) < 4.78 is 1.58. The average Bonchev–Trinajstić information content (AvgIpc) is 3.64. The van der Waals surface area contributed by atoms with Crippen LogP contribution < -0.4 is 10.9 Å². The zero-order chi connectivity index (χ0) is 21.4. The van der Waals surface area contributed by atoms with Crippen molar-refractivity contribution in [2.45, 2.75) is 37.8 Å². The number of pyridine rings is 2. The fraction of sp³-hybridized carbons (Fsp3) is 0.400. The molecule has 2 aliphatic rings. The minimum Gasteiger partial charge on any atom is -0.335 e. The minimum atomic E-state index is -0.158. The van der Waals surface area contributed by atoms with E-state index in [2.05, 4.69) is 27.3 Å². The topological polar surface area (TPSA) is 67.2 Å². The maximum absolute atomic E-state index is 13.8. The SMILES string of the molecule is Cn1ccc([C@H]2CCNCC2C(=O)N(Cc2cccc3ncccc23)C2CC2)cc1=O. The van der Waals surface area contributed by atoms with Gasteiger partial charge in [0.05, 0.1) is 11.4 Å². The molecule has 0 bridgehead atoms. The Morgan fingerprint density at radius 1 is 1.19 bits per heavy atom. The van der Waals surface area contributed by atoms with Crippen LogP contribution in [0.4, 0.5) is 0 Å². The molecule has 6 nitrogen and oxygen atoms in total. The second-order valence-electron chi connectivity index (χ2n) is 8.80. The van der Waals surface area contributed by atoms with Gasteiger partial charge in [0.15, 0.2) is 0 Å². The Morgan fingerprint density at radius 2 is 2.06 bits per heavy atom. The molecule has 31 heavy (non-hydrogen) atoms. The first-order valence-electron chi connectivity index (χ1n) is 11.1. The van der Waals surface area contributed by atoms with Crippen molar-refractivity contribution >= 4 is 16.8 Å². The summed E-state index contributed by atoms with van der Waals surface area (Å²) in [6.45, 7) is 2.12. The van der Waals surface area contributed by atoms with E-state index in [1.807, 2.05) is 30.5 Å². The van der Waals surface area contributed by atoms with Crippen molar-refractivity contribution in [3.63, 3.8) is 0 Å². The fourth-order valence-corrected chi connectivity index (χ4v) is 4.79. The molecular formula is C25H28N4O2. The van der Waals surface area contributed by atoms with Gasteiger partial charge in [-0.25, -0.2) is 0 Å². The first-order valence-corrected chi connectivity index (χ1v) is 11.1. The van der Waals surface area contributed by atoms with Crippen molar-refractivity contribution in [3.05, 3.63) is 76.3 Å². The van der Waals surface area contributed by atoms with Crippen LogP contribution in [0.5, 0.6) is 0 Å². The van der Waals surface area contributed by atoms with E-state index in [4.69, 9.17) is 0 Å². The van der Waals surface area contributed by atoms with Crippen molar-refractivity contribution < 1.29 is 4.79 Å². The normalized spacial score (nSPS) is 21.2. The molecule has 6 heteroatoms. The lowest BCUT2D eigenvalue weighted by Crippen LogP contribution is -2.47. The van der Waals surface area contributed by atoms with E-state index in [0.29, 0.717) is 19.1 Å². The maximum Gasteiger partial charge on any atom is 0.250 e. The van der Waals surface area contributed by atoms with Crippen LogP contribution in [0.3, 0.4) is 0 Å². The molecule has 2 fully saturated rings. The summed E-state index contributed by atoms with van der Waals surface area (Å²) in [5.74, 6) is 0.105. The van der Waals surface area contributed by atoms with E-state index >= 15 is 0 Å². The predicted octanol–water partition coefficient (Wildman–Crippen LogP) is 2.82. The average molecular weight is 417 g/mol. The zero-order valence-corrected chi connectivity index (χ0v) is 17.8. The Bertz CT molecular complexity index is 1160. The van der Waals surface area contributed by atoms with Crippen molar-refractivity contribution in [3.8, 4) is 0 Å².